The number of alkyl halides is 3. The third-order valence-corrected chi connectivity index (χ3v) is 10.2. The summed E-state index contributed by atoms with van der Waals surface area (Å²) >= 11 is 0. The molecule has 0 unspecified atom stereocenters. The van der Waals surface area contributed by atoms with Gasteiger partial charge in [-0.05, 0) is 65.9 Å². The first-order valence-corrected chi connectivity index (χ1v) is 16.5. The molecular weight excluding hydrogens is 642 g/mol. The smallest absolute Gasteiger partial charge is 0.277 e. The SMILES string of the molecule is C.[C-]#[N+]C1=C(C)N(c2cccc(C(F)(F)F)c2)C(=O)N(S(=O)(=O)c2ccc(C(C)(C)C)cc2)[C@@H]1c1ccc(C#N)cc1S(C)(=O)=O. The van der Waals surface area contributed by atoms with Crippen LogP contribution in [0.1, 0.15) is 63.4 Å². The maximum absolute atomic E-state index is 14.4. The minimum absolute atomic E-state index is 0. The Kier molecular flexibility index (Phi) is 9.55. The van der Waals surface area contributed by atoms with Crippen LogP contribution in [0, 0.1) is 17.9 Å². The van der Waals surface area contributed by atoms with Gasteiger partial charge in [-0.25, -0.2) is 30.8 Å². The molecular formula is C32H31F3N4O5S2. The lowest BCUT2D eigenvalue weighted by molar-refractivity contribution is -0.137. The van der Waals surface area contributed by atoms with Crippen LogP contribution in [0.15, 0.2) is 87.9 Å². The third-order valence-electron chi connectivity index (χ3n) is 7.25. The number of allylic oxidation sites excluding steroid dienone is 1. The maximum atomic E-state index is 14.4. The van der Waals surface area contributed by atoms with Gasteiger partial charge in [-0.1, -0.05) is 52.5 Å². The summed E-state index contributed by atoms with van der Waals surface area (Å²) in [5, 5.41) is 9.41. The summed E-state index contributed by atoms with van der Waals surface area (Å²) in [6.45, 7) is 15.0. The molecule has 0 fully saturated rings. The van der Waals surface area contributed by atoms with E-state index in [-0.39, 0.29) is 40.2 Å². The van der Waals surface area contributed by atoms with Crippen LogP contribution in [0.3, 0.4) is 0 Å². The molecule has 2 amide bonds. The van der Waals surface area contributed by atoms with Crippen molar-refractivity contribution >= 4 is 31.6 Å². The van der Waals surface area contributed by atoms with Crippen molar-refractivity contribution in [3.05, 3.63) is 112 Å². The molecule has 0 bridgehead atoms. The molecule has 4 rings (SSSR count). The zero-order valence-electron chi connectivity index (χ0n) is 24.7. The van der Waals surface area contributed by atoms with Crippen LogP contribution in [-0.2, 0) is 31.5 Å². The van der Waals surface area contributed by atoms with Crippen molar-refractivity contribution in [1.29, 1.82) is 5.26 Å². The molecule has 0 spiro atoms. The number of amides is 2. The van der Waals surface area contributed by atoms with E-state index in [9.17, 15) is 40.1 Å². The average molecular weight is 673 g/mol. The molecule has 0 N–H and O–H groups in total. The van der Waals surface area contributed by atoms with Gasteiger partial charge in [-0.3, -0.25) is 4.90 Å². The molecule has 46 heavy (non-hydrogen) atoms. The Labute approximate surface area is 267 Å². The molecule has 1 aliphatic heterocycles. The minimum atomic E-state index is -4.91. The molecule has 0 saturated heterocycles. The molecule has 14 heteroatoms. The summed E-state index contributed by atoms with van der Waals surface area (Å²) < 4.78 is 95.8. The van der Waals surface area contributed by atoms with Crippen LogP contribution in [0.4, 0.5) is 23.7 Å². The van der Waals surface area contributed by atoms with E-state index in [1.807, 2.05) is 26.8 Å². The quantitative estimate of drug-likeness (QED) is 0.260. The fourth-order valence-corrected chi connectivity index (χ4v) is 7.38. The molecule has 0 aromatic heterocycles. The lowest BCUT2D eigenvalue weighted by atomic mass is 9.87. The standard InChI is InChI=1S/C31H27F3N4O5S2.CH4/c1-19-27(36-5)28(25-15-10-20(18-35)16-26(25)44(6,40)41)38(45(42,43)24-13-11-21(12-14-24)30(2,3)4)29(39)37(19)23-9-7-8-22(17-23)31(32,33)34;/h7-17,28H,1-4,6H3;1H4/t28-;/m1./s1. The van der Waals surface area contributed by atoms with Gasteiger partial charge in [-0.2, -0.15) is 18.4 Å². The summed E-state index contributed by atoms with van der Waals surface area (Å²) in [5.74, 6) is 0. The van der Waals surface area contributed by atoms with Crippen molar-refractivity contribution in [3.8, 4) is 6.07 Å². The number of hydrogen-bond donors (Lipinski definition) is 0. The van der Waals surface area contributed by atoms with Gasteiger partial charge in [0.25, 0.3) is 10.0 Å². The van der Waals surface area contributed by atoms with Crippen molar-refractivity contribution in [1.82, 2.24) is 4.31 Å². The number of anilines is 1. The number of nitrogens with zero attached hydrogens (tertiary/aromatic N) is 4. The van der Waals surface area contributed by atoms with Crippen molar-refractivity contribution in [2.45, 2.75) is 62.5 Å². The Morgan fingerprint density at radius 1 is 0.935 bits per heavy atom. The second-order valence-electron chi connectivity index (χ2n) is 11.4. The highest BCUT2D eigenvalue weighted by Gasteiger charge is 2.48. The molecule has 3 aromatic rings. The first kappa shape index (κ1) is 35.8. The lowest BCUT2D eigenvalue weighted by Gasteiger charge is -2.41. The van der Waals surface area contributed by atoms with Crippen LogP contribution in [0.2, 0.25) is 0 Å². The zero-order valence-corrected chi connectivity index (χ0v) is 26.3. The van der Waals surface area contributed by atoms with Gasteiger partial charge in [-0.15, -0.1) is 0 Å². The zero-order chi connectivity index (χ0) is 33.7. The topological polar surface area (TPSA) is 120 Å². The fraction of sp³-hybridized carbons (Fsp3) is 0.281. The van der Waals surface area contributed by atoms with Gasteiger partial charge in [0.05, 0.1) is 33.6 Å². The number of urea groups is 1. The monoisotopic (exact) mass is 672 g/mol. The second kappa shape index (κ2) is 12.3. The number of carbonyl (C=O) groups is 1. The fourth-order valence-electron chi connectivity index (χ4n) is 4.95. The number of nitriles is 1. The Bertz CT molecular complexity index is 2040. The Hall–Kier alpha value is -4.66. The van der Waals surface area contributed by atoms with Gasteiger partial charge in [0, 0.05) is 17.6 Å². The van der Waals surface area contributed by atoms with Crippen LogP contribution in [0.5, 0.6) is 0 Å². The van der Waals surface area contributed by atoms with E-state index in [0.717, 1.165) is 42.2 Å². The largest absolute Gasteiger partial charge is 0.416 e. The maximum Gasteiger partial charge on any atom is 0.416 e. The predicted molar refractivity (Wildman–Crippen MR) is 167 cm³/mol. The highest BCUT2D eigenvalue weighted by atomic mass is 32.2. The summed E-state index contributed by atoms with van der Waals surface area (Å²) in [5.41, 5.74) is -2.09. The van der Waals surface area contributed by atoms with Crippen LogP contribution in [-0.4, -0.2) is 33.4 Å². The van der Waals surface area contributed by atoms with E-state index in [4.69, 9.17) is 6.57 Å². The number of benzene rings is 3. The second-order valence-corrected chi connectivity index (χ2v) is 15.2. The van der Waals surface area contributed by atoms with E-state index in [2.05, 4.69) is 4.85 Å². The van der Waals surface area contributed by atoms with Crippen molar-refractivity contribution < 1.29 is 34.8 Å². The van der Waals surface area contributed by atoms with E-state index in [1.165, 1.54) is 25.1 Å². The number of rotatable bonds is 5. The van der Waals surface area contributed by atoms with Crippen molar-refractivity contribution in [3.63, 3.8) is 0 Å². The molecule has 0 saturated carbocycles. The van der Waals surface area contributed by atoms with Crippen LogP contribution in [0.25, 0.3) is 4.85 Å². The van der Waals surface area contributed by atoms with Gasteiger partial charge < -0.3 is 0 Å². The number of sulfonamides is 1. The normalized spacial score (nSPS) is 16.0. The molecule has 0 aliphatic carbocycles. The van der Waals surface area contributed by atoms with E-state index >= 15 is 0 Å². The summed E-state index contributed by atoms with van der Waals surface area (Å²) in [6.07, 6.45) is -3.98. The van der Waals surface area contributed by atoms with Gasteiger partial charge in [0.2, 0.25) is 5.70 Å². The van der Waals surface area contributed by atoms with Gasteiger partial charge in [0.15, 0.2) is 9.84 Å². The highest BCUT2D eigenvalue weighted by Crippen LogP contribution is 2.45. The third kappa shape index (κ3) is 6.50. The Morgan fingerprint density at radius 3 is 2.04 bits per heavy atom. The summed E-state index contributed by atoms with van der Waals surface area (Å²) in [6, 6.07) is 11.2. The summed E-state index contributed by atoms with van der Waals surface area (Å²) in [7, 11) is -9.09. The van der Waals surface area contributed by atoms with E-state index in [0.29, 0.717) is 15.3 Å². The van der Waals surface area contributed by atoms with Gasteiger partial charge in [0.1, 0.15) is 6.04 Å². The molecule has 9 nitrogen and oxygen atoms in total. The number of hydrogen-bond acceptors (Lipinski definition) is 6. The Morgan fingerprint density at radius 2 is 1.54 bits per heavy atom. The Balaban J connectivity index is 0.00000576. The molecule has 0 radical (unpaired) electrons. The minimum Gasteiger partial charge on any atom is -0.277 e. The van der Waals surface area contributed by atoms with Crippen LogP contribution < -0.4 is 4.90 Å². The van der Waals surface area contributed by atoms with E-state index < -0.39 is 54.3 Å². The molecule has 1 atom stereocenters. The number of sulfone groups is 1. The molecule has 3 aromatic carbocycles. The first-order valence-electron chi connectivity index (χ1n) is 13.2. The van der Waals surface area contributed by atoms with E-state index in [1.54, 1.807) is 12.1 Å². The number of halogens is 3. The van der Waals surface area contributed by atoms with Gasteiger partial charge >= 0.3 is 12.2 Å². The molecule has 1 aliphatic rings. The molecule has 242 valence electrons. The highest BCUT2D eigenvalue weighted by molar-refractivity contribution is 7.91. The van der Waals surface area contributed by atoms with Crippen molar-refractivity contribution in [2.75, 3.05) is 11.2 Å². The van der Waals surface area contributed by atoms with Crippen LogP contribution >= 0.6 is 0 Å². The number of carbonyl (C=O) groups excluding carboxylic acids is 1. The lowest BCUT2D eigenvalue weighted by Crippen LogP contribution is -2.52. The van der Waals surface area contributed by atoms with Crippen molar-refractivity contribution in [2.24, 2.45) is 0 Å². The molecule has 1 heterocycles. The predicted octanol–water partition coefficient (Wildman–Crippen LogP) is 7.44. The average Bonchev–Trinajstić information content (AvgIpc) is 2.95. The first-order chi connectivity index (χ1) is 20.7. The summed E-state index contributed by atoms with van der Waals surface area (Å²) in [4.78, 5) is 17.6.